The van der Waals surface area contributed by atoms with E-state index in [0.29, 0.717) is 0 Å². The third-order valence-corrected chi connectivity index (χ3v) is 5.39. The van der Waals surface area contributed by atoms with Crippen LogP contribution in [-0.2, 0) is 4.84 Å². The lowest BCUT2D eigenvalue weighted by atomic mass is 9.81. The van der Waals surface area contributed by atoms with Crippen LogP contribution < -0.4 is 0 Å². The Labute approximate surface area is 153 Å². The molecule has 1 aliphatic carbocycles. The fourth-order valence-corrected chi connectivity index (χ4v) is 4.33. The molecule has 5 rings (SSSR count). The third kappa shape index (κ3) is 2.20. The maximum Gasteiger partial charge on any atom is 0.166 e. The topological polar surface area (TPSA) is 34.5 Å². The lowest BCUT2D eigenvalue weighted by molar-refractivity contribution is 0.0697. The minimum absolute atomic E-state index is 0.0952. The van der Waals surface area contributed by atoms with Crippen molar-refractivity contribution in [3.63, 3.8) is 0 Å². The van der Waals surface area contributed by atoms with Crippen molar-refractivity contribution in [2.24, 2.45) is 11.1 Å². The van der Waals surface area contributed by atoms with Crippen molar-refractivity contribution in [1.29, 1.82) is 0 Å². The molecular weight excluding hydrogens is 320 g/mol. The normalized spacial score (nSPS) is 20.5. The van der Waals surface area contributed by atoms with Gasteiger partial charge in [-0.05, 0) is 50.1 Å². The zero-order valence-electron chi connectivity index (χ0n) is 15.2. The van der Waals surface area contributed by atoms with Crippen molar-refractivity contribution in [3.05, 3.63) is 82.1 Å². The molecule has 0 fully saturated rings. The van der Waals surface area contributed by atoms with Gasteiger partial charge in [0.2, 0.25) is 0 Å². The highest BCUT2D eigenvalue weighted by Crippen LogP contribution is 2.42. The predicted molar refractivity (Wildman–Crippen MR) is 105 cm³/mol. The molecule has 0 saturated heterocycles. The first-order chi connectivity index (χ1) is 12.6. The minimum atomic E-state index is -0.0952. The quantitative estimate of drug-likeness (QED) is 0.604. The Bertz CT molecular complexity index is 1090. The van der Waals surface area contributed by atoms with E-state index in [9.17, 15) is 0 Å². The Balaban J connectivity index is 1.61. The number of hydrogen-bond acceptors (Lipinski definition) is 3. The summed E-state index contributed by atoms with van der Waals surface area (Å²) < 4.78 is 0. The summed E-state index contributed by atoms with van der Waals surface area (Å²) in [6.07, 6.45) is 4.22. The van der Waals surface area contributed by atoms with Crippen LogP contribution in [-0.4, -0.2) is 10.7 Å². The van der Waals surface area contributed by atoms with Gasteiger partial charge in [-0.3, -0.25) is 0 Å². The number of pyridine rings is 1. The number of aryl methyl sites for hydroxylation is 3. The monoisotopic (exact) mass is 340 g/mol. The molecule has 0 radical (unpaired) electrons. The first-order valence-electron chi connectivity index (χ1n) is 9.01. The van der Waals surface area contributed by atoms with E-state index in [1.165, 1.54) is 22.3 Å². The van der Waals surface area contributed by atoms with Gasteiger partial charge in [0.25, 0.3) is 0 Å². The Kier molecular flexibility index (Phi) is 3.26. The predicted octanol–water partition coefficient (Wildman–Crippen LogP) is 5.28. The zero-order valence-corrected chi connectivity index (χ0v) is 15.2. The van der Waals surface area contributed by atoms with Gasteiger partial charge in [-0.1, -0.05) is 47.1 Å². The molecule has 0 N–H and O–H groups in total. The smallest absolute Gasteiger partial charge is 0.166 e. The molecule has 2 atom stereocenters. The van der Waals surface area contributed by atoms with Crippen LogP contribution in [0.1, 0.15) is 39.6 Å². The first kappa shape index (κ1) is 15.3. The summed E-state index contributed by atoms with van der Waals surface area (Å²) in [5.41, 5.74) is 9.14. The summed E-state index contributed by atoms with van der Waals surface area (Å²) >= 11 is 0. The average Bonchev–Trinajstić information content (AvgIpc) is 3.03. The van der Waals surface area contributed by atoms with Gasteiger partial charge in [-0.15, -0.1) is 0 Å². The molecule has 2 unspecified atom stereocenters. The molecule has 128 valence electrons. The van der Waals surface area contributed by atoms with Gasteiger partial charge in [0.15, 0.2) is 6.10 Å². The van der Waals surface area contributed by atoms with Crippen molar-refractivity contribution in [3.8, 4) is 0 Å². The molecule has 1 aromatic heterocycles. The molecule has 26 heavy (non-hydrogen) atoms. The van der Waals surface area contributed by atoms with Crippen LogP contribution in [0.3, 0.4) is 0 Å². The van der Waals surface area contributed by atoms with E-state index in [1.54, 1.807) is 0 Å². The van der Waals surface area contributed by atoms with Crippen molar-refractivity contribution >= 4 is 22.7 Å². The highest BCUT2D eigenvalue weighted by Gasteiger charge is 2.39. The number of hydrogen-bond donors (Lipinski definition) is 0. The van der Waals surface area contributed by atoms with Crippen LogP contribution in [0, 0.1) is 26.7 Å². The number of para-hydroxylation sites is 1. The van der Waals surface area contributed by atoms with E-state index in [2.05, 4.69) is 62.3 Å². The first-order valence-corrected chi connectivity index (χ1v) is 9.01. The largest absolute Gasteiger partial charge is 0.386 e. The van der Waals surface area contributed by atoms with E-state index >= 15 is 0 Å². The molecule has 0 spiro atoms. The van der Waals surface area contributed by atoms with Gasteiger partial charge in [0, 0.05) is 16.5 Å². The third-order valence-electron chi connectivity index (χ3n) is 5.39. The highest BCUT2D eigenvalue weighted by molar-refractivity contribution is 6.07. The van der Waals surface area contributed by atoms with E-state index < -0.39 is 0 Å². The van der Waals surface area contributed by atoms with Crippen LogP contribution in [0.25, 0.3) is 17.0 Å². The molecule has 3 heteroatoms. The second-order valence-electron chi connectivity index (χ2n) is 7.32. The fraction of sp³-hybridized carbons (Fsp3) is 0.217. The number of oxime groups is 1. The van der Waals surface area contributed by atoms with Crippen LogP contribution in [0.4, 0.5) is 0 Å². The van der Waals surface area contributed by atoms with Crippen LogP contribution >= 0.6 is 0 Å². The van der Waals surface area contributed by atoms with E-state index in [4.69, 9.17) is 9.82 Å². The Hall–Kier alpha value is -2.94. The number of benzene rings is 2. The summed E-state index contributed by atoms with van der Waals surface area (Å²) in [5, 5.41) is 5.66. The second kappa shape index (κ2) is 5.53. The summed E-state index contributed by atoms with van der Waals surface area (Å²) in [6.45, 7) is 6.44. The van der Waals surface area contributed by atoms with Crippen LogP contribution in [0.15, 0.2) is 53.7 Å². The summed E-state index contributed by atoms with van der Waals surface area (Å²) in [6, 6.07) is 14.8. The molecule has 3 aromatic rings. The lowest BCUT2D eigenvalue weighted by Gasteiger charge is -2.23. The minimum Gasteiger partial charge on any atom is -0.386 e. The standard InChI is InChI=1S/C23H20N2O/c1-13-10-14(2)21(15(3)11-13)22-17-8-9-20-18(23(17)26-25-22)12-16-6-4-5-7-19(16)24-20/h4-12,17,23H,1-3H3. The van der Waals surface area contributed by atoms with Gasteiger partial charge in [0.05, 0.1) is 22.8 Å². The van der Waals surface area contributed by atoms with Crippen molar-refractivity contribution in [1.82, 2.24) is 4.98 Å². The van der Waals surface area contributed by atoms with Gasteiger partial charge in [-0.25, -0.2) is 4.98 Å². The summed E-state index contributed by atoms with van der Waals surface area (Å²) in [7, 11) is 0. The Morgan fingerprint density at radius 3 is 2.54 bits per heavy atom. The van der Waals surface area contributed by atoms with Gasteiger partial charge in [0.1, 0.15) is 0 Å². The Morgan fingerprint density at radius 2 is 1.73 bits per heavy atom. The second-order valence-corrected chi connectivity index (χ2v) is 7.32. The number of fused-ring (bicyclic) bond motifs is 4. The number of nitrogens with zero attached hydrogens (tertiary/aromatic N) is 2. The van der Waals surface area contributed by atoms with E-state index in [-0.39, 0.29) is 12.0 Å². The lowest BCUT2D eigenvalue weighted by Crippen LogP contribution is -2.21. The zero-order chi connectivity index (χ0) is 17.8. The molecule has 3 nitrogen and oxygen atoms in total. The van der Waals surface area contributed by atoms with Crippen molar-refractivity contribution in [2.45, 2.75) is 26.9 Å². The molecule has 0 saturated carbocycles. The number of rotatable bonds is 1. The molecule has 2 aliphatic rings. The van der Waals surface area contributed by atoms with E-state index in [1.807, 2.05) is 18.2 Å². The van der Waals surface area contributed by atoms with Gasteiger partial charge < -0.3 is 4.84 Å². The maximum atomic E-state index is 5.94. The van der Waals surface area contributed by atoms with Gasteiger partial charge >= 0.3 is 0 Å². The molecule has 1 aliphatic heterocycles. The summed E-state index contributed by atoms with van der Waals surface area (Å²) in [5.74, 6) is 0.130. The van der Waals surface area contributed by atoms with Crippen molar-refractivity contribution in [2.75, 3.05) is 0 Å². The van der Waals surface area contributed by atoms with Crippen LogP contribution in [0.5, 0.6) is 0 Å². The molecule has 0 amide bonds. The fourth-order valence-electron chi connectivity index (χ4n) is 4.33. The molecule has 2 heterocycles. The molecule has 0 bridgehead atoms. The van der Waals surface area contributed by atoms with Crippen molar-refractivity contribution < 1.29 is 4.84 Å². The molecule has 2 aromatic carbocycles. The molecular formula is C23H20N2O. The van der Waals surface area contributed by atoms with E-state index in [0.717, 1.165) is 27.9 Å². The summed E-state index contributed by atoms with van der Waals surface area (Å²) in [4.78, 5) is 10.7. The SMILES string of the molecule is Cc1cc(C)c(C2=NOC3c4cc5ccccc5nc4C=CC23)c(C)c1. The highest BCUT2D eigenvalue weighted by atomic mass is 16.6. The maximum absolute atomic E-state index is 5.94. The average molecular weight is 340 g/mol. The Morgan fingerprint density at radius 1 is 0.962 bits per heavy atom. The van der Waals surface area contributed by atoms with Gasteiger partial charge in [-0.2, -0.15) is 0 Å². The van der Waals surface area contributed by atoms with Crippen LogP contribution in [0.2, 0.25) is 0 Å². The number of aromatic nitrogens is 1.